The summed E-state index contributed by atoms with van der Waals surface area (Å²) in [5.74, 6) is -1.33. The molecule has 0 radical (unpaired) electrons. The van der Waals surface area contributed by atoms with E-state index in [-0.39, 0.29) is 68.6 Å². The molecule has 0 saturated carbocycles. The van der Waals surface area contributed by atoms with Gasteiger partial charge in [0.2, 0.25) is 17.7 Å². The predicted octanol–water partition coefficient (Wildman–Crippen LogP) is 2.75. The van der Waals surface area contributed by atoms with Crippen molar-refractivity contribution in [2.24, 2.45) is 5.41 Å². The second-order valence-corrected chi connectivity index (χ2v) is 17.9. The van der Waals surface area contributed by atoms with Gasteiger partial charge < -0.3 is 34.9 Å². The Morgan fingerprint density at radius 3 is 2.29 bits per heavy atom. The number of aryl methyl sites for hydroxylation is 1. The van der Waals surface area contributed by atoms with Crippen LogP contribution >= 0.6 is 11.3 Å². The number of carbonyl (C=O) groups excluding carboxylic acids is 4. The van der Waals surface area contributed by atoms with Gasteiger partial charge in [-0.05, 0) is 57.1 Å². The molecule has 3 saturated heterocycles. The number of thiazole rings is 1. The third kappa shape index (κ3) is 12.5. The van der Waals surface area contributed by atoms with Crippen LogP contribution in [-0.4, -0.2) is 144 Å². The molecule has 3 amide bonds. The van der Waals surface area contributed by atoms with E-state index in [1.54, 1.807) is 11.3 Å². The molecule has 3 aliphatic heterocycles. The zero-order valence-electron chi connectivity index (χ0n) is 33.5. The maximum Gasteiger partial charge on any atom is 0.332 e. The maximum absolute atomic E-state index is 14.0. The molecule has 0 aliphatic carbocycles. The number of likely N-dealkylation sites (tertiary alicyclic amines) is 3. The van der Waals surface area contributed by atoms with Gasteiger partial charge in [0.05, 0.1) is 47.5 Å². The van der Waals surface area contributed by atoms with Gasteiger partial charge in [0.25, 0.3) is 0 Å². The van der Waals surface area contributed by atoms with E-state index in [0.29, 0.717) is 19.7 Å². The molecular formula is C40H60N6O8S. The molecule has 14 nitrogen and oxygen atoms in total. The molecule has 3 atom stereocenters. The number of rotatable bonds is 15. The summed E-state index contributed by atoms with van der Waals surface area (Å²) in [6, 6.07) is 6.20. The number of aromatic nitrogens is 1. The van der Waals surface area contributed by atoms with Gasteiger partial charge in [-0.3, -0.25) is 24.2 Å². The fraction of sp³-hybridized carbons (Fsp3) is 0.675. The molecule has 3 N–H and O–H groups in total. The summed E-state index contributed by atoms with van der Waals surface area (Å²) in [7, 11) is 0. The monoisotopic (exact) mass is 784 g/mol. The topological polar surface area (TPSA) is 163 Å². The molecule has 2 aromatic rings. The average molecular weight is 785 g/mol. The lowest BCUT2D eigenvalue weighted by atomic mass is 9.85. The highest BCUT2D eigenvalue weighted by Gasteiger charge is 2.44. The number of aliphatic hydroxyl groups excluding tert-OH is 1. The first-order valence-electron chi connectivity index (χ1n) is 19.4. The Balaban J connectivity index is 1.03. The van der Waals surface area contributed by atoms with Crippen molar-refractivity contribution < 1.29 is 38.5 Å². The number of hydrogen-bond donors (Lipinski definition) is 3. The van der Waals surface area contributed by atoms with Crippen molar-refractivity contribution in [1.29, 1.82) is 0 Å². The van der Waals surface area contributed by atoms with Crippen LogP contribution in [0.4, 0.5) is 0 Å². The van der Waals surface area contributed by atoms with Crippen molar-refractivity contribution in [1.82, 2.24) is 30.3 Å². The third-order valence-corrected chi connectivity index (χ3v) is 11.1. The van der Waals surface area contributed by atoms with E-state index in [1.807, 2.05) is 78.2 Å². The Bertz CT molecular complexity index is 1610. The summed E-state index contributed by atoms with van der Waals surface area (Å²) < 4.78 is 17.0. The largest absolute Gasteiger partial charge is 0.458 e. The first kappa shape index (κ1) is 42.7. The predicted molar refractivity (Wildman–Crippen MR) is 209 cm³/mol. The first-order chi connectivity index (χ1) is 25.9. The summed E-state index contributed by atoms with van der Waals surface area (Å²) in [5.41, 5.74) is 3.61. The Kier molecular flexibility index (Phi) is 14.5. The van der Waals surface area contributed by atoms with Crippen LogP contribution in [0.5, 0.6) is 0 Å². The van der Waals surface area contributed by atoms with Crippen LogP contribution in [0.15, 0.2) is 29.8 Å². The molecule has 0 spiro atoms. The SMILES string of the molecule is Cc1ncsc1-c1ccc(CNC(=O)[C@@H]2C[C@@H](O)CN2C(=O)[C@@H](NC(=O)CN2CCC(OC3CN(CCOCC(=O)OC(C)(C)C)C3)CC2)C(C)(C)C)cc1. The van der Waals surface area contributed by atoms with Crippen LogP contribution in [-0.2, 0) is 39.9 Å². The van der Waals surface area contributed by atoms with Gasteiger partial charge in [0, 0.05) is 52.2 Å². The fourth-order valence-electron chi connectivity index (χ4n) is 7.18. The molecule has 5 rings (SSSR count). The number of carbonyl (C=O) groups is 4. The Hall–Kier alpha value is -3.47. The smallest absolute Gasteiger partial charge is 0.332 e. The molecule has 304 valence electrons. The summed E-state index contributed by atoms with van der Waals surface area (Å²) >= 11 is 1.58. The van der Waals surface area contributed by atoms with Gasteiger partial charge in [-0.25, -0.2) is 9.78 Å². The lowest BCUT2D eigenvalue weighted by Crippen LogP contribution is -2.59. The highest BCUT2D eigenvalue weighted by atomic mass is 32.1. The maximum atomic E-state index is 14.0. The number of benzene rings is 1. The number of β-amino-alcohol motifs (C(OH)–C–C–N with tert-alkyl or cyclic N) is 1. The highest BCUT2D eigenvalue weighted by Crippen LogP contribution is 2.29. The van der Waals surface area contributed by atoms with Crippen LogP contribution in [0, 0.1) is 12.3 Å². The lowest BCUT2D eigenvalue weighted by Gasteiger charge is -2.42. The zero-order chi connectivity index (χ0) is 39.9. The Morgan fingerprint density at radius 2 is 1.67 bits per heavy atom. The molecule has 3 aliphatic rings. The van der Waals surface area contributed by atoms with Crippen LogP contribution in [0.3, 0.4) is 0 Å². The molecule has 0 bridgehead atoms. The number of ether oxygens (including phenoxy) is 3. The summed E-state index contributed by atoms with van der Waals surface area (Å²) in [4.78, 5) is 63.8. The van der Waals surface area contributed by atoms with Gasteiger partial charge >= 0.3 is 5.97 Å². The number of nitrogens with one attached hydrogen (secondary N) is 2. The quantitative estimate of drug-likeness (QED) is 0.180. The summed E-state index contributed by atoms with van der Waals surface area (Å²) in [6.45, 7) is 17.7. The first-order valence-corrected chi connectivity index (χ1v) is 20.3. The van der Waals surface area contributed by atoms with Crippen molar-refractivity contribution in [2.45, 2.75) is 110 Å². The average Bonchev–Trinajstić information content (AvgIpc) is 3.71. The van der Waals surface area contributed by atoms with Crippen LogP contribution in [0.1, 0.15) is 72.1 Å². The van der Waals surface area contributed by atoms with Crippen LogP contribution < -0.4 is 10.6 Å². The van der Waals surface area contributed by atoms with E-state index >= 15 is 0 Å². The molecule has 3 fully saturated rings. The van der Waals surface area contributed by atoms with Crippen LogP contribution in [0.25, 0.3) is 10.4 Å². The Labute approximate surface area is 329 Å². The third-order valence-electron chi connectivity index (χ3n) is 10.1. The molecule has 15 heteroatoms. The summed E-state index contributed by atoms with van der Waals surface area (Å²) in [6.07, 6.45) is 1.19. The van der Waals surface area contributed by atoms with Gasteiger partial charge in [-0.15, -0.1) is 11.3 Å². The van der Waals surface area contributed by atoms with E-state index in [1.165, 1.54) is 4.90 Å². The van der Waals surface area contributed by atoms with Gasteiger partial charge in [0.1, 0.15) is 24.3 Å². The lowest BCUT2D eigenvalue weighted by molar-refractivity contribution is -0.161. The molecule has 55 heavy (non-hydrogen) atoms. The number of hydrogen-bond acceptors (Lipinski definition) is 12. The molecule has 1 aromatic heterocycles. The number of esters is 1. The molecule has 1 aromatic carbocycles. The number of piperidine rings is 1. The van der Waals surface area contributed by atoms with Crippen molar-refractivity contribution in [3.05, 3.63) is 41.0 Å². The minimum absolute atomic E-state index is 0.0242. The fourth-order valence-corrected chi connectivity index (χ4v) is 7.99. The zero-order valence-corrected chi connectivity index (χ0v) is 34.3. The summed E-state index contributed by atoms with van der Waals surface area (Å²) in [5, 5.41) is 16.5. The number of aliphatic hydroxyl groups is 1. The van der Waals surface area contributed by atoms with E-state index < -0.39 is 29.2 Å². The number of amides is 3. The van der Waals surface area contributed by atoms with E-state index in [0.717, 1.165) is 54.2 Å². The van der Waals surface area contributed by atoms with E-state index in [4.69, 9.17) is 14.2 Å². The van der Waals surface area contributed by atoms with Crippen molar-refractivity contribution >= 4 is 35.0 Å². The highest BCUT2D eigenvalue weighted by molar-refractivity contribution is 7.13. The van der Waals surface area contributed by atoms with E-state index in [2.05, 4.69) is 25.4 Å². The molecular weight excluding hydrogens is 725 g/mol. The van der Waals surface area contributed by atoms with Crippen molar-refractivity contribution in [2.75, 3.05) is 59.0 Å². The second kappa shape index (κ2) is 18.6. The van der Waals surface area contributed by atoms with Crippen LogP contribution in [0.2, 0.25) is 0 Å². The minimum atomic E-state index is -0.881. The van der Waals surface area contributed by atoms with Gasteiger partial charge in [0.15, 0.2) is 0 Å². The van der Waals surface area contributed by atoms with E-state index in [9.17, 15) is 24.3 Å². The van der Waals surface area contributed by atoms with Gasteiger partial charge in [-0.1, -0.05) is 45.0 Å². The number of nitrogens with zero attached hydrogens (tertiary/aromatic N) is 4. The Morgan fingerprint density at radius 1 is 0.982 bits per heavy atom. The normalized spacial score (nSPS) is 20.9. The van der Waals surface area contributed by atoms with Crippen molar-refractivity contribution in [3.63, 3.8) is 0 Å². The minimum Gasteiger partial charge on any atom is -0.458 e. The second-order valence-electron chi connectivity index (χ2n) is 17.1. The van der Waals surface area contributed by atoms with Crippen molar-refractivity contribution in [3.8, 4) is 10.4 Å². The molecule has 0 unspecified atom stereocenters. The van der Waals surface area contributed by atoms with Gasteiger partial charge in [-0.2, -0.15) is 0 Å². The standard InChI is InChI=1S/C40H60N6O8S/c1-26-35(55-25-42-26)28-10-8-27(9-11-28)19-41-37(50)32-18-29(47)20-46(32)38(51)36(39(2,3)4)43-33(48)23-44-14-12-30(13-15-44)53-31-21-45(22-31)16-17-52-24-34(49)54-40(5,6)7/h8-11,25,29-32,36,47H,12-24H2,1-7H3,(H,41,50)(H,43,48)/t29-,32+,36-/m1/s1. The molecule has 4 heterocycles.